The van der Waals surface area contributed by atoms with Crippen molar-refractivity contribution in [3.05, 3.63) is 30.0 Å². The van der Waals surface area contributed by atoms with Crippen molar-refractivity contribution in [3.63, 3.8) is 0 Å². The van der Waals surface area contributed by atoms with Gasteiger partial charge in [0.05, 0.1) is 18.2 Å². The van der Waals surface area contributed by atoms with Crippen LogP contribution in [-0.2, 0) is 4.74 Å². The highest BCUT2D eigenvalue weighted by atomic mass is 16.6. The zero-order chi connectivity index (χ0) is 16.3. The molecule has 5 nitrogen and oxygen atoms in total. The van der Waals surface area contributed by atoms with E-state index in [9.17, 15) is 4.79 Å². The number of rotatable bonds is 1. The van der Waals surface area contributed by atoms with Crippen LogP contribution in [0, 0.1) is 11.8 Å². The van der Waals surface area contributed by atoms with E-state index in [1.165, 1.54) is 4.57 Å². The third-order valence-corrected chi connectivity index (χ3v) is 2.90. The van der Waals surface area contributed by atoms with E-state index in [0.717, 1.165) is 5.39 Å². The molecule has 0 aliphatic rings. The molecule has 1 aromatic carbocycles. The summed E-state index contributed by atoms with van der Waals surface area (Å²) < 4.78 is 12.0. The summed E-state index contributed by atoms with van der Waals surface area (Å²) in [5.41, 5.74) is 0.725. The van der Waals surface area contributed by atoms with Crippen LogP contribution in [0.15, 0.2) is 24.4 Å². The van der Waals surface area contributed by atoms with Crippen LogP contribution in [0.3, 0.4) is 0 Å². The van der Waals surface area contributed by atoms with Crippen LogP contribution in [0.4, 0.5) is 4.79 Å². The summed E-state index contributed by atoms with van der Waals surface area (Å²) in [7, 11) is 1.57. The number of carbonyl (C=O) groups is 1. The number of carbonyl (C=O) groups excluding carboxylic acids is 1. The first-order chi connectivity index (χ1) is 10.4. The number of fused-ring (bicyclic) bond motifs is 1. The molecule has 1 heterocycles. The Balaban J connectivity index is 2.58. The number of benzene rings is 1. The molecule has 0 spiro atoms. The molecule has 0 aliphatic carbocycles. The minimum absolute atomic E-state index is 0.247. The minimum Gasteiger partial charge on any atom is -0.497 e. The standard InChI is InChI=1S/C17H19NO4/c1-17(2,3)22-16(20)18-11-12(6-5-9-19)14-10-13(21-4)7-8-15(14)18/h7-8,10-11,19H,9H2,1-4H3. The van der Waals surface area contributed by atoms with Gasteiger partial charge in [-0.05, 0) is 39.0 Å². The molecule has 0 atom stereocenters. The van der Waals surface area contributed by atoms with Crippen molar-refractivity contribution in [2.24, 2.45) is 0 Å². The van der Waals surface area contributed by atoms with E-state index in [-0.39, 0.29) is 6.61 Å². The SMILES string of the molecule is COc1ccc2c(c1)c(C#CCO)cn2C(=O)OC(C)(C)C. The van der Waals surface area contributed by atoms with Crippen LogP contribution in [0.2, 0.25) is 0 Å². The fourth-order valence-corrected chi connectivity index (χ4v) is 2.03. The second-order valence-corrected chi connectivity index (χ2v) is 5.74. The lowest BCUT2D eigenvalue weighted by molar-refractivity contribution is 0.0544. The van der Waals surface area contributed by atoms with Crippen LogP contribution >= 0.6 is 0 Å². The lowest BCUT2D eigenvalue weighted by Crippen LogP contribution is -2.26. The van der Waals surface area contributed by atoms with Crippen LogP contribution in [0.25, 0.3) is 10.9 Å². The lowest BCUT2D eigenvalue weighted by Gasteiger charge is -2.19. The average Bonchev–Trinajstić information content (AvgIpc) is 2.81. The van der Waals surface area contributed by atoms with E-state index >= 15 is 0 Å². The summed E-state index contributed by atoms with van der Waals surface area (Å²) in [4.78, 5) is 12.3. The predicted molar refractivity (Wildman–Crippen MR) is 84.1 cm³/mol. The van der Waals surface area contributed by atoms with Gasteiger partial charge in [-0.3, -0.25) is 4.57 Å². The Kier molecular flexibility index (Phi) is 4.43. The van der Waals surface area contributed by atoms with Crippen molar-refractivity contribution in [1.29, 1.82) is 0 Å². The maximum atomic E-state index is 12.3. The Morgan fingerprint density at radius 3 is 2.68 bits per heavy atom. The van der Waals surface area contributed by atoms with Gasteiger partial charge in [-0.25, -0.2) is 4.79 Å². The van der Waals surface area contributed by atoms with Gasteiger partial charge in [0.15, 0.2) is 0 Å². The van der Waals surface area contributed by atoms with Crippen LogP contribution in [0.1, 0.15) is 26.3 Å². The van der Waals surface area contributed by atoms with Crippen LogP contribution in [0.5, 0.6) is 5.75 Å². The van der Waals surface area contributed by atoms with Crippen molar-refractivity contribution < 1.29 is 19.4 Å². The predicted octanol–water partition coefficient (Wildman–Crippen LogP) is 2.78. The number of nitrogens with zero attached hydrogens (tertiary/aromatic N) is 1. The maximum absolute atomic E-state index is 12.3. The fraction of sp³-hybridized carbons (Fsp3) is 0.353. The molecular formula is C17H19NO4. The van der Waals surface area contributed by atoms with E-state index in [1.807, 2.05) is 20.8 Å². The van der Waals surface area contributed by atoms with Gasteiger partial charge in [0.25, 0.3) is 0 Å². The first kappa shape index (κ1) is 15.9. The minimum atomic E-state index is -0.586. The second-order valence-electron chi connectivity index (χ2n) is 5.74. The van der Waals surface area contributed by atoms with Crippen LogP contribution in [-0.4, -0.2) is 35.1 Å². The summed E-state index contributed by atoms with van der Waals surface area (Å²) in [6.45, 7) is 5.19. The third kappa shape index (κ3) is 3.41. The molecular weight excluding hydrogens is 282 g/mol. The summed E-state index contributed by atoms with van der Waals surface area (Å²) in [6, 6.07) is 5.35. The zero-order valence-corrected chi connectivity index (χ0v) is 13.1. The fourth-order valence-electron chi connectivity index (χ4n) is 2.03. The molecule has 22 heavy (non-hydrogen) atoms. The second kappa shape index (κ2) is 6.12. The monoisotopic (exact) mass is 301 g/mol. The number of aliphatic hydroxyl groups is 1. The van der Waals surface area contributed by atoms with E-state index in [0.29, 0.717) is 16.8 Å². The van der Waals surface area contributed by atoms with Gasteiger partial charge < -0.3 is 14.6 Å². The Morgan fingerprint density at radius 2 is 2.09 bits per heavy atom. The normalized spacial score (nSPS) is 11.0. The first-order valence-corrected chi connectivity index (χ1v) is 6.88. The highest BCUT2D eigenvalue weighted by molar-refractivity contribution is 5.94. The van der Waals surface area contributed by atoms with Gasteiger partial charge in [0.1, 0.15) is 18.0 Å². The molecule has 0 bridgehead atoms. The van der Waals surface area contributed by atoms with Crippen molar-refractivity contribution >= 4 is 17.0 Å². The van der Waals surface area contributed by atoms with E-state index in [4.69, 9.17) is 14.6 Å². The molecule has 0 saturated carbocycles. The molecule has 5 heteroatoms. The molecule has 116 valence electrons. The van der Waals surface area contributed by atoms with Crippen molar-refractivity contribution in [1.82, 2.24) is 4.57 Å². The van der Waals surface area contributed by atoms with E-state index in [1.54, 1.807) is 31.5 Å². The largest absolute Gasteiger partial charge is 0.497 e. The van der Waals surface area contributed by atoms with Gasteiger partial charge in [-0.2, -0.15) is 0 Å². The molecule has 0 radical (unpaired) electrons. The van der Waals surface area contributed by atoms with E-state index in [2.05, 4.69) is 11.8 Å². The van der Waals surface area contributed by atoms with Gasteiger partial charge in [-0.15, -0.1) is 0 Å². The molecule has 1 N–H and O–H groups in total. The molecule has 2 aromatic rings. The highest BCUT2D eigenvalue weighted by Gasteiger charge is 2.20. The molecule has 1 aromatic heterocycles. The lowest BCUT2D eigenvalue weighted by atomic mass is 10.1. The number of hydrogen-bond acceptors (Lipinski definition) is 4. The number of methoxy groups -OCH3 is 1. The van der Waals surface area contributed by atoms with Gasteiger partial charge in [0.2, 0.25) is 0 Å². The van der Waals surface area contributed by atoms with Crippen molar-refractivity contribution in [3.8, 4) is 17.6 Å². The summed E-state index contributed by atoms with van der Waals surface area (Å²) in [5.74, 6) is 6.10. The molecule has 0 unspecified atom stereocenters. The van der Waals surface area contributed by atoms with Gasteiger partial charge >= 0.3 is 6.09 Å². The Labute approximate surface area is 129 Å². The molecule has 2 rings (SSSR count). The highest BCUT2D eigenvalue weighted by Crippen LogP contribution is 2.26. The quantitative estimate of drug-likeness (QED) is 0.823. The molecule has 0 amide bonds. The van der Waals surface area contributed by atoms with E-state index < -0.39 is 11.7 Å². The van der Waals surface area contributed by atoms with Crippen molar-refractivity contribution in [2.75, 3.05) is 13.7 Å². The third-order valence-electron chi connectivity index (χ3n) is 2.90. The Hall–Kier alpha value is -2.45. The van der Waals surface area contributed by atoms with Gasteiger partial charge in [-0.1, -0.05) is 11.8 Å². The number of aliphatic hydroxyl groups excluding tert-OH is 1. The zero-order valence-electron chi connectivity index (χ0n) is 13.1. The van der Waals surface area contributed by atoms with Gasteiger partial charge in [0, 0.05) is 11.6 Å². The Morgan fingerprint density at radius 1 is 1.36 bits per heavy atom. The Bertz CT molecular complexity index is 757. The maximum Gasteiger partial charge on any atom is 0.419 e. The topological polar surface area (TPSA) is 60.7 Å². The average molecular weight is 301 g/mol. The van der Waals surface area contributed by atoms with Crippen molar-refractivity contribution in [2.45, 2.75) is 26.4 Å². The molecule has 0 fully saturated rings. The first-order valence-electron chi connectivity index (χ1n) is 6.88. The smallest absolute Gasteiger partial charge is 0.419 e. The number of ether oxygens (including phenoxy) is 2. The van der Waals surface area contributed by atoms with Crippen LogP contribution < -0.4 is 4.74 Å². The summed E-state index contributed by atoms with van der Waals surface area (Å²) >= 11 is 0. The number of aromatic nitrogens is 1. The molecule has 0 aliphatic heterocycles. The number of hydrogen-bond donors (Lipinski definition) is 1. The summed E-state index contributed by atoms with van der Waals surface area (Å²) in [6.07, 6.45) is 1.14. The summed E-state index contributed by atoms with van der Waals surface area (Å²) in [5, 5.41) is 9.64. The molecule has 0 saturated heterocycles.